The summed E-state index contributed by atoms with van der Waals surface area (Å²) in [6, 6.07) is 0. The molecule has 1 aliphatic heterocycles. The van der Waals surface area contributed by atoms with E-state index in [4.69, 9.17) is 10.8 Å². The van der Waals surface area contributed by atoms with Crippen LogP contribution in [0.25, 0.3) is 0 Å². The number of hydrogen-bond donors (Lipinski definition) is 2. The summed E-state index contributed by atoms with van der Waals surface area (Å²) in [6.45, 7) is 1.67. The van der Waals surface area contributed by atoms with Crippen molar-refractivity contribution in [1.82, 2.24) is 0 Å². The predicted molar refractivity (Wildman–Crippen MR) is 41.0 cm³/mol. The summed E-state index contributed by atoms with van der Waals surface area (Å²) in [4.78, 5) is 10.4. The Kier molecular flexibility index (Phi) is 1.92. The highest BCUT2D eigenvalue weighted by molar-refractivity contribution is 8.00. The van der Waals surface area contributed by atoms with Gasteiger partial charge in [-0.2, -0.15) is 11.8 Å². The Balaban J connectivity index is 2.54. The monoisotopic (exact) mass is 161 g/mol. The third-order valence-corrected chi connectivity index (χ3v) is 3.46. The molecule has 1 fully saturated rings. The van der Waals surface area contributed by atoms with E-state index in [1.165, 1.54) is 0 Å². The van der Waals surface area contributed by atoms with Gasteiger partial charge in [-0.25, -0.2) is 0 Å². The van der Waals surface area contributed by atoms with Crippen LogP contribution >= 0.6 is 11.8 Å². The lowest BCUT2D eigenvalue weighted by atomic mass is 9.89. The van der Waals surface area contributed by atoms with E-state index >= 15 is 0 Å². The Morgan fingerprint density at radius 1 is 1.80 bits per heavy atom. The van der Waals surface area contributed by atoms with Crippen molar-refractivity contribution in [3.63, 3.8) is 0 Å². The van der Waals surface area contributed by atoms with Gasteiger partial charge in [0, 0.05) is 17.0 Å². The van der Waals surface area contributed by atoms with E-state index in [0.29, 0.717) is 0 Å². The summed E-state index contributed by atoms with van der Waals surface area (Å²) in [6.07, 6.45) is 0. The van der Waals surface area contributed by atoms with Crippen LogP contribution in [-0.2, 0) is 4.79 Å². The maximum Gasteiger partial charge on any atom is 0.308 e. The average molecular weight is 161 g/mol. The van der Waals surface area contributed by atoms with Crippen LogP contribution in [0.4, 0.5) is 0 Å². The van der Waals surface area contributed by atoms with Gasteiger partial charge < -0.3 is 10.8 Å². The van der Waals surface area contributed by atoms with Crippen LogP contribution in [-0.4, -0.2) is 28.1 Å². The van der Waals surface area contributed by atoms with Crippen LogP contribution in [0.2, 0.25) is 0 Å². The maximum atomic E-state index is 10.4. The van der Waals surface area contributed by atoms with Crippen LogP contribution in [0.15, 0.2) is 0 Å². The summed E-state index contributed by atoms with van der Waals surface area (Å²) < 4.78 is 0. The lowest BCUT2D eigenvalue weighted by molar-refractivity contribution is -0.142. The number of rotatable bonds is 2. The molecule has 0 aliphatic carbocycles. The molecule has 0 spiro atoms. The molecule has 1 unspecified atom stereocenters. The Morgan fingerprint density at radius 2 is 2.30 bits per heavy atom. The van der Waals surface area contributed by atoms with E-state index in [2.05, 4.69) is 0 Å². The fraction of sp³-hybridized carbons (Fsp3) is 0.833. The van der Waals surface area contributed by atoms with Crippen molar-refractivity contribution < 1.29 is 9.90 Å². The smallest absolute Gasteiger partial charge is 0.308 e. The van der Waals surface area contributed by atoms with Crippen molar-refractivity contribution in [2.24, 2.45) is 11.7 Å². The SMILES string of the molecule is CC(C(=O)O)C1(N)CSC1. The molecule has 58 valence electrons. The van der Waals surface area contributed by atoms with E-state index < -0.39 is 17.4 Å². The summed E-state index contributed by atoms with van der Waals surface area (Å²) >= 11 is 1.70. The molecule has 1 rings (SSSR count). The first-order valence-corrected chi connectivity index (χ1v) is 4.31. The van der Waals surface area contributed by atoms with Crippen molar-refractivity contribution >= 4 is 17.7 Å². The molecule has 3 nitrogen and oxygen atoms in total. The molecule has 1 atom stereocenters. The summed E-state index contributed by atoms with van der Waals surface area (Å²) in [7, 11) is 0. The number of carboxylic acids is 1. The fourth-order valence-corrected chi connectivity index (χ4v) is 2.01. The van der Waals surface area contributed by atoms with Gasteiger partial charge in [0.05, 0.1) is 5.92 Å². The van der Waals surface area contributed by atoms with Gasteiger partial charge in [-0.15, -0.1) is 0 Å². The molecule has 1 aliphatic rings. The van der Waals surface area contributed by atoms with Crippen LogP contribution in [0, 0.1) is 5.92 Å². The normalized spacial score (nSPS) is 25.0. The molecule has 1 saturated heterocycles. The van der Waals surface area contributed by atoms with Crippen molar-refractivity contribution in [3.05, 3.63) is 0 Å². The van der Waals surface area contributed by atoms with Gasteiger partial charge in [0.25, 0.3) is 0 Å². The van der Waals surface area contributed by atoms with Crippen molar-refractivity contribution in [2.45, 2.75) is 12.5 Å². The van der Waals surface area contributed by atoms with E-state index in [9.17, 15) is 4.79 Å². The largest absolute Gasteiger partial charge is 0.481 e. The van der Waals surface area contributed by atoms with Crippen molar-refractivity contribution in [2.75, 3.05) is 11.5 Å². The summed E-state index contributed by atoms with van der Waals surface area (Å²) in [5.74, 6) is 0.359. The molecule has 0 aromatic rings. The zero-order valence-corrected chi connectivity index (χ0v) is 6.65. The van der Waals surface area contributed by atoms with E-state index in [0.717, 1.165) is 11.5 Å². The molecule has 0 aromatic heterocycles. The van der Waals surface area contributed by atoms with Crippen LogP contribution in [0.3, 0.4) is 0 Å². The minimum absolute atomic E-state index is 0.409. The Bertz CT molecular complexity index is 156. The number of aliphatic carboxylic acids is 1. The number of carboxylic acid groups (broad SMARTS) is 1. The van der Waals surface area contributed by atoms with E-state index in [1.54, 1.807) is 18.7 Å². The van der Waals surface area contributed by atoms with E-state index in [-0.39, 0.29) is 0 Å². The van der Waals surface area contributed by atoms with Gasteiger partial charge in [-0.05, 0) is 0 Å². The highest BCUT2D eigenvalue weighted by atomic mass is 32.2. The predicted octanol–water partition coefficient (Wildman–Crippen LogP) is 0.151. The number of carbonyl (C=O) groups is 1. The molecule has 1 heterocycles. The molecule has 10 heavy (non-hydrogen) atoms. The van der Waals surface area contributed by atoms with Gasteiger partial charge in [-0.1, -0.05) is 6.92 Å². The second-order valence-corrected chi connectivity index (χ2v) is 3.77. The fourth-order valence-electron chi connectivity index (χ4n) is 0.834. The second-order valence-electron chi connectivity index (χ2n) is 2.79. The van der Waals surface area contributed by atoms with Gasteiger partial charge in [-0.3, -0.25) is 4.79 Å². The molecule has 0 amide bonds. The minimum Gasteiger partial charge on any atom is -0.481 e. The minimum atomic E-state index is -0.789. The first-order valence-electron chi connectivity index (χ1n) is 3.16. The first kappa shape index (κ1) is 7.88. The zero-order chi connectivity index (χ0) is 7.78. The van der Waals surface area contributed by atoms with Gasteiger partial charge in [0.15, 0.2) is 0 Å². The van der Waals surface area contributed by atoms with Crippen molar-refractivity contribution in [1.29, 1.82) is 0 Å². The first-order chi connectivity index (χ1) is 4.56. The van der Waals surface area contributed by atoms with Gasteiger partial charge in [0.1, 0.15) is 0 Å². The molecule has 4 heteroatoms. The zero-order valence-electron chi connectivity index (χ0n) is 5.83. The number of nitrogens with two attached hydrogens (primary N) is 1. The third-order valence-electron chi connectivity index (χ3n) is 1.97. The molecule has 0 radical (unpaired) electrons. The number of thioether (sulfide) groups is 1. The summed E-state index contributed by atoms with van der Waals surface area (Å²) in [5, 5.41) is 8.59. The highest BCUT2D eigenvalue weighted by Crippen LogP contribution is 2.33. The molecule has 0 aromatic carbocycles. The Morgan fingerprint density at radius 3 is 2.40 bits per heavy atom. The lowest BCUT2D eigenvalue weighted by Gasteiger charge is -2.40. The van der Waals surface area contributed by atoms with Crippen LogP contribution in [0.1, 0.15) is 6.92 Å². The molecular formula is C6H11NO2S. The molecular weight excluding hydrogens is 150 g/mol. The van der Waals surface area contributed by atoms with Gasteiger partial charge >= 0.3 is 5.97 Å². The lowest BCUT2D eigenvalue weighted by Crippen LogP contribution is -2.59. The molecule has 0 bridgehead atoms. The maximum absolute atomic E-state index is 10.4. The van der Waals surface area contributed by atoms with Crippen molar-refractivity contribution in [3.8, 4) is 0 Å². The molecule has 0 saturated carbocycles. The molecule has 3 N–H and O–H groups in total. The van der Waals surface area contributed by atoms with E-state index in [1.807, 2.05) is 0 Å². The van der Waals surface area contributed by atoms with Crippen LogP contribution in [0.5, 0.6) is 0 Å². The Hall–Kier alpha value is -0.220. The highest BCUT2D eigenvalue weighted by Gasteiger charge is 2.42. The topological polar surface area (TPSA) is 63.3 Å². The third kappa shape index (κ3) is 1.13. The Labute approximate surface area is 64.0 Å². The standard InChI is InChI=1S/C6H11NO2S/c1-4(5(8)9)6(7)2-10-3-6/h4H,2-3,7H2,1H3,(H,8,9). The van der Waals surface area contributed by atoms with Gasteiger partial charge in [0.2, 0.25) is 0 Å². The summed E-state index contributed by atoms with van der Waals surface area (Å²) in [5.41, 5.74) is 5.31. The quantitative estimate of drug-likeness (QED) is 0.605. The number of hydrogen-bond acceptors (Lipinski definition) is 3. The van der Waals surface area contributed by atoms with Crippen LogP contribution < -0.4 is 5.73 Å². The average Bonchev–Trinajstić information content (AvgIpc) is 1.81. The second kappa shape index (κ2) is 2.43.